The zero-order valence-electron chi connectivity index (χ0n) is 18.1. The number of benzene rings is 1. The van der Waals surface area contributed by atoms with Crippen LogP contribution in [0.2, 0.25) is 0 Å². The molecule has 0 radical (unpaired) electrons. The predicted molar refractivity (Wildman–Crippen MR) is 117 cm³/mol. The molecule has 6 nitrogen and oxygen atoms in total. The molecule has 1 atom stereocenters. The molecular formula is C24H33FN4O2. The molecule has 4 aliphatic rings. The minimum Gasteiger partial charge on any atom is -0.374 e. The van der Waals surface area contributed by atoms with E-state index in [0.29, 0.717) is 23.9 Å². The maximum absolute atomic E-state index is 14.9. The van der Waals surface area contributed by atoms with E-state index in [9.17, 15) is 14.0 Å². The Bertz CT molecular complexity index is 838. The average molecular weight is 429 g/mol. The Morgan fingerprint density at radius 2 is 1.81 bits per heavy atom. The van der Waals surface area contributed by atoms with Crippen molar-refractivity contribution >= 4 is 17.5 Å². The second-order valence-electron chi connectivity index (χ2n) is 10.0. The minimum atomic E-state index is -0.489. The van der Waals surface area contributed by atoms with E-state index >= 15 is 0 Å². The van der Waals surface area contributed by atoms with Crippen molar-refractivity contribution in [2.45, 2.75) is 69.4 Å². The molecule has 3 saturated heterocycles. The number of likely N-dealkylation sites (tertiary alicyclic amines) is 1. The molecule has 168 valence electrons. The van der Waals surface area contributed by atoms with Gasteiger partial charge in [0, 0.05) is 18.2 Å². The minimum absolute atomic E-state index is 0.201. The van der Waals surface area contributed by atoms with Gasteiger partial charge >= 0.3 is 0 Å². The third-order valence-corrected chi connectivity index (χ3v) is 8.07. The average Bonchev–Trinajstić information content (AvgIpc) is 2.75. The maximum Gasteiger partial charge on any atom is 0.249 e. The summed E-state index contributed by atoms with van der Waals surface area (Å²) in [4.78, 5) is 25.9. The van der Waals surface area contributed by atoms with E-state index in [1.165, 1.54) is 44.8 Å². The normalized spacial score (nSPS) is 27.7. The molecule has 2 amide bonds. The van der Waals surface area contributed by atoms with Crippen molar-refractivity contribution in [2.24, 2.45) is 5.41 Å². The summed E-state index contributed by atoms with van der Waals surface area (Å²) in [5.74, 6) is -0.527. The zero-order chi connectivity index (χ0) is 21.4. The van der Waals surface area contributed by atoms with Crippen LogP contribution in [0.25, 0.3) is 0 Å². The molecule has 1 aromatic carbocycles. The van der Waals surface area contributed by atoms with Crippen LogP contribution in [0, 0.1) is 11.2 Å². The number of hydrogen-bond acceptors (Lipinski definition) is 5. The van der Waals surface area contributed by atoms with Gasteiger partial charge in [-0.2, -0.15) is 0 Å². The summed E-state index contributed by atoms with van der Waals surface area (Å²) in [6.45, 7) is 4.45. The highest BCUT2D eigenvalue weighted by Crippen LogP contribution is 2.50. The van der Waals surface area contributed by atoms with Crippen molar-refractivity contribution in [3.8, 4) is 0 Å². The van der Waals surface area contributed by atoms with Gasteiger partial charge in [0.25, 0.3) is 0 Å². The lowest BCUT2D eigenvalue weighted by molar-refractivity contribution is -0.133. The number of carbonyl (C=O) groups is 2. The Morgan fingerprint density at radius 1 is 1.06 bits per heavy atom. The van der Waals surface area contributed by atoms with Crippen molar-refractivity contribution < 1.29 is 14.0 Å². The molecule has 1 aliphatic carbocycles. The molecule has 31 heavy (non-hydrogen) atoms. The highest BCUT2D eigenvalue weighted by atomic mass is 19.1. The number of anilines is 1. The molecule has 3 heterocycles. The molecule has 1 saturated carbocycles. The van der Waals surface area contributed by atoms with Gasteiger partial charge < -0.3 is 15.5 Å². The molecule has 0 bridgehead atoms. The van der Waals surface area contributed by atoms with E-state index in [0.717, 1.165) is 37.5 Å². The third-order valence-electron chi connectivity index (χ3n) is 8.07. The van der Waals surface area contributed by atoms with E-state index < -0.39 is 6.04 Å². The maximum atomic E-state index is 14.9. The lowest BCUT2D eigenvalue weighted by Crippen LogP contribution is -2.55. The van der Waals surface area contributed by atoms with Crippen molar-refractivity contribution in [1.29, 1.82) is 0 Å². The van der Waals surface area contributed by atoms with E-state index in [1.54, 1.807) is 0 Å². The van der Waals surface area contributed by atoms with Gasteiger partial charge in [-0.05, 0) is 100 Å². The number of halogens is 1. The molecule has 3 N–H and O–H groups in total. The fourth-order valence-corrected chi connectivity index (χ4v) is 6.12. The fraction of sp³-hybridized carbons (Fsp3) is 0.667. The smallest absolute Gasteiger partial charge is 0.249 e. The first-order valence-electron chi connectivity index (χ1n) is 11.9. The standard InChI is InChI=1S/C24H33FN4O2/c25-20-13-17(27-21-3-4-22(30)28-23(21)31)1-2-19(20)16-5-11-29(12-6-16)18-14-24(15-18)7-9-26-10-8-24/h1-2,13,16,18,21,26-27H,3-12,14-15H2,(H,28,30,31). The Morgan fingerprint density at radius 3 is 2.48 bits per heavy atom. The lowest BCUT2D eigenvalue weighted by atomic mass is 9.60. The van der Waals surface area contributed by atoms with Gasteiger partial charge in [-0.25, -0.2) is 4.39 Å². The Kier molecular flexibility index (Phi) is 5.73. The van der Waals surface area contributed by atoms with Gasteiger partial charge in [-0.3, -0.25) is 14.9 Å². The van der Waals surface area contributed by atoms with Crippen LogP contribution in [0.4, 0.5) is 10.1 Å². The van der Waals surface area contributed by atoms with Crippen molar-refractivity contribution in [2.75, 3.05) is 31.5 Å². The molecule has 4 fully saturated rings. The largest absolute Gasteiger partial charge is 0.374 e. The van der Waals surface area contributed by atoms with Gasteiger partial charge in [-0.15, -0.1) is 0 Å². The quantitative estimate of drug-likeness (QED) is 0.643. The molecule has 7 heteroatoms. The van der Waals surface area contributed by atoms with E-state index in [-0.39, 0.29) is 23.5 Å². The molecule has 5 rings (SSSR count). The summed E-state index contributed by atoms with van der Waals surface area (Å²) in [5, 5.41) is 8.87. The zero-order valence-corrected chi connectivity index (χ0v) is 18.1. The van der Waals surface area contributed by atoms with Gasteiger partial charge in [0.2, 0.25) is 11.8 Å². The summed E-state index contributed by atoms with van der Waals surface area (Å²) in [6.07, 6.45) is 8.08. The Labute approximate surface area is 183 Å². The number of amides is 2. The van der Waals surface area contributed by atoms with Crippen LogP contribution in [-0.2, 0) is 9.59 Å². The topological polar surface area (TPSA) is 73.5 Å². The number of imide groups is 1. The number of carbonyl (C=O) groups excluding carboxylic acids is 2. The molecule has 0 aromatic heterocycles. The first-order chi connectivity index (χ1) is 15.0. The van der Waals surface area contributed by atoms with E-state index in [4.69, 9.17) is 0 Å². The number of nitrogens with one attached hydrogen (secondary N) is 3. The summed E-state index contributed by atoms with van der Waals surface area (Å²) in [5.41, 5.74) is 1.98. The van der Waals surface area contributed by atoms with Crippen LogP contribution < -0.4 is 16.0 Å². The van der Waals surface area contributed by atoms with Gasteiger partial charge in [0.15, 0.2) is 0 Å². The van der Waals surface area contributed by atoms with E-state index in [1.807, 2.05) is 12.1 Å². The second-order valence-corrected chi connectivity index (χ2v) is 10.0. The van der Waals surface area contributed by atoms with Crippen LogP contribution in [-0.4, -0.2) is 55.0 Å². The second kappa shape index (κ2) is 8.51. The Hall–Kier alpha value is -1.99. The molecular weight excluding hydrogens is 395 g/mol. The monoisotopic (exact) mass is 428 g/mol. The van der Waals surface area contributed by atoms with Crippen molar-refractivity contribution in [3.05, 3.63) is 29.6 Å². The SMILES string of the molecule is O=C1CCC(Nc2ccc(C3CCN(C4CC5(CCNCC5)C4)CC3)c(F)c2)C(=O)N1. The summed E-state index contributed by atoms with van der Waals surface area (Å²) in [7, 11) is 0. The van der Waals surface area contributed by atoms with Crippen molar-refractivity contribution in [3.63, 3.8) is 0 Å². The highest BCUT2D eigenvalue weighted by Gasteiger charge is 2.47. The van der Waals surface area contributed by atoms with Crippen LogP contribution in [0.1, 0.15) is 62.8 Å². The lowest BCUT2D eigenvalue weighted by Gasteiger charge is -2.55. The number of nitrogens with zero attached hydrogens (tertiary/aromatic N) is 1. The molecule has 3 aliphatic heterocycles. The van der Waals surface area contributed by atoms with Crippen LogP contribution in [0.3, 0.4) is 0 Å². The molecule has 1 spiro atoms. The highest BCUT2D eigenvalue weighted by molar-refractivity contribution is 6.01. The fourth-order valence-electron chi connectivity index (χ4n) is 6.12. The van der Waals surface area contributed by atoms with Gasteiger partial charge in [-0.1, -0.05) is 6.07 Å². The van der Waals surface area contributed by atoms with Crippen LogP contribution in [0.5, 0.6) is 0 Å². The number of rotatable bonds is 4. The molecule has 1 aromatic rings. The Balaban J connectivity index is 1.14. The third kappa shape index (κ3) is 4.35. The summed E-state index contributed by atoms with van der Waals surface area (Å²) >= 11 is 0. The predicted octanol–water partition coefficient (Wildman–Crippen LogP) is 2.75. The summed E-state index contributed by atoms with van der Waals surface area (Å²) < 4.78 is 14.9. The van der Waals surface area contributed by atoms with Crippen molar-refractivity contribution in [1.82, 2.24) is 15.5 Å². The first kappa shape index (κ1) is 20.9. The number of hydrogen-bond donors (Lipinski definition) is 3. The van der Waals surface area contributed by atoms with Crippen LogP contribution in [0.15, 0.2) is 18.2 Å². The molecule has 1 unspecified atom stereocenters. The van der Waals surface area contributed by atoms with Gasteiger partial charge in [0.05, 0.1) is 0 Å². The van der Waals surface area contributed by atoms with Crippen LogP contribution >= 0.6 is 0 Å². The summed E-state index contributed by atoms with van der Waals surface area (Å²) in [6, 6.07) is 5.47. The first-order valence-corrected chi connectivity index (χ1v) is 11.9. The number of piperidine rings is 3. The van der Waals surface area contributed by atoms with E-state index in [2.05, 4.69) is 20.9 Å². The van der Waals surface area contributed by atoms with Gasteiger partial charge in [0.1, 0.15) is 11.9 Å².